The zero-order chi connectivity index (χ0) is 13.3. The molecule has 0 aliphatic carbocycles. The molecule has 1 aliphatic heterocycles. The van der Waals surface area contributed by atoms with Gasteiger partial charge in [-0.05, 0) is 31.4 Å². The summed E-state index contributed by atoms with van der Waals surface area (Å²) in [6.45, 7) is 4.00. The maximum Gasteiger partial charge on any atom is 0.307 e. The fourth-order valence-corrected chi connectivity index (χ4v) is 2.31. The molecule has 2 unspecified atom stereocenters. The van der Waals surface area contributed by atoms with E-state index in [4.69, 9.17) is 5.11 Å². The molecule has 0 bridgehead atoms. The topological polar surface area (TPSA) is 69.6 Å². The number of hydrogen-bond donors (Lipinski definition) is 3. The smallest absolute Gasteiger partial charge is 0.307 e. The highest BCUT2D eigenvalue weighted by molar-refractivity contribution is 5.70. The van der Waals surface area contributed by atoms with Gasteiger partial charge in [0.15, 0.2) is 0 Å². The van der Waals surface area contributed by atoms with Crippen molar-refractivity contribution in [3.63, 3.8) is 0 Å². The van der Waals surface area contributed by atoms with E-state index in [0.29, 0.717) is 13.0 Å². The van der Waals surface area contributed by atoms with Crippen molar-refractivity contribution in [3.8, 4) is 0 Å². The van der Waals surface area contributed by atoms with E-state index < -0.39 is 11.6 Å². The predicted molar refractivity (Wildman–Crippen MR) is 68.2 cm³/mol. The molecule has 0 spiro atoms. The molecule has 4 heteroatoms. The highest BCUT2D eigenvalue weighted by Crippen LogP contribution is 2.30. The van der Waals surface area contributed by atoms with E-state index in [1.54, 1.807) is 13.8 Å². The Morgan fingerprint density at radius 2 is 2.17 bits per heavy atom. The van der Waals surface area contributed by atoms with Gasteiger partial charge in [0.1, 0.15) is 0 Å². The summed E-state index contributed by atoms with van der Waals surface area (Å²) in [6, 6.07) is 7.76. The molecule has 2 atom stereocenters. The van der Waals surface area contributed by atoms with Crippen LogP contribution < -0.4 is 5.32 Å². The third kappa shape index (κ3) is 2.71. The molecule has 4 nitrogen and oxygen atoms in total. The normalized spacial score (nSPS) is 24.2. The molecule has 0 radical (unpaired) electrons. The summed E-state index contributed by atoms with van der Waals surface area (Å²) in [5.74, 6) is -1.07. The van der Waals surface area contributed by atoms with E-state index in [1.165, 1.54) is 0 Å². The van der Waals surface area contributed by atoms with Gasteiger partial charge in [-0.3, -0.25) is 4.79 Å². The minimum atomic E-state index is -0.874. The molecule has 1 saturated heterocycles. The second-order valence-corrected chi connectivity index (χ2v) is 5.42. The molecule has 0 saturated carbocycles. The number of carbonyl (C=O) groups is 1. The van der Waals surface area contributed by atoms with Crippen LogP contribution in [-0.2, 0) is 10.4 Å². The second-order valence-electron chi connectivity index (χ2n) is 5.42. The van der Waals surface area contributed by atoms with Crippen LogP contribution in [0.15, 0.2) is 24.3 Å². The number of rotatable bonds is 3. The Bertz CT molecular complexity index is 451. The minimum Gasteiger partial charge on any atom is -0.481 e. The lowest BCUT2D eigenvalue weighted by atomic mass is 9.93. The van der Waals surface area contributed by atoms with E-state index >= 15 is 0 Å². The lowest BCUT2D eigenvalue weighted by molar-refractivity contribution is -0.141. The van der Waals surface area contributed by atoms with Crippen molar-refractivity contribution in [3.05, 3.63) is 35.4 Å². The van der Waals surface area contributed by atoms with E-state index in [1.807, 2.05) is 24.3 Å². The average molecular weight is 249 g/mol. The molecule has 2 rings (SSSR count). The van der Waals surface area contributed by atoms with Gasteiger partial charge >= 0.3 is 5.97 Å². The van der Waals surface area contributed by atoms with Gasteiger partial charge < -0.3 is 15.5 Å². The van der Waals surface area contributed by atoms with E-state index in [9.17, 15) is 9.90 Å². The van der Waals surface area contributed by atoms with E-state index in [0.717, 1.165) is 11.1 Å². The van der Waals surface area contributed by atoms with Crippen LogP contribution in [0.4, 0.5) is 0 Å². The van der Waals surface area contributed by atoms with Crippen molar-refractivity contribution in [1.29, 1.82) is 0 Å². The van der Waals surface area contributed by atoms with Gasteiger partial charge in [0.25, 0.3) is 0 Å². The molecule has 1 aromatic rings. The Morgan fingerprint density at radius 1 is 1.44 bits per heavy atom. The standard InChI is InChI=1S/C14H19NO3/c1-14(2,18)11-5-3-4-9(6-11)12-7-10(8-15-12)13(16)17/h3-6,10,12,15,18H,7-8H2,1-2H3,(H,16,17). The van der Waals surface area contributed by atoms with Gasteiger partial charge in [-0.1, -0.05) is 24.3 Å². The van der Waals surface area contributed by atoms with Crippen LogP contribution in [-0.4, -0.2) is 22.7 Å². The largest absolute Gasteiger partial charge is 0.481 e. The van der Waals surface area contributed by atoms with Crippen molar-refractivity contribution >= 4 is 5.97 Å². The van der Waals surface area contributed by atoms with Crippen LogP contribution >= 0.6 is 0 Å². The molecule has 18 heavy (non-hydrogen) atoms. The number of hydrogen-bond acceptors (Lipinski definition) is 3. The highest BCUT2D eigenvalue weighted by atomic mass is 16.4. The molecule has 0 aromatic heterocycles. The molecule has 3 N–H and O–H groups in total. The monoisotopic (exact) mass is 249 g/mol. The fourth-order valence-electron chi connectivity index (χ4n) is 2.31. The van der Waals surface area contributed by atoms with Crippen LogP contribution in [0.2, 0.25) is 0 Å². The summed E-state index contributed by atoms with van der Waals surface area (Å²) >= 11 is 0. The Morgan fingerprint density at radius 3 is 2.72 bits per heavy atom. The maximum atomic E-state index is 10.9. The molecular formula is C14H19NO3. The van der Waals surface area contributed by atoms with Gasteiger partial charge in [0.05, 0.1) is 11.5 Å². The van der Waals surface area contributed by atoms with Crippen LogP contribution in [0.5, 0.6) is 0 Å². The number of carboxylic acid groups (broad SMARTS) is 1. The molecule has 1 aromatic carbocycles. The molecule has 1 aliphatic rings. The van der Waals surface area contributed by atoms with Crippen LogP contribution in [0.1, 0.15) is 37.4 Å². The summed E-state index contributed by atoms with van der Waals surface area (Å²) in [6.07, 6.45) is 0.602. The Labute approximate surface area is 107 Å². The fraction of sp³-hybridized carbons (Fsp3) is 0.500. The molecular weight excluding hydrogens is 230 g/mol. The summed E-state index contributed by atoms with van der Waals surface area (Å²) in [5.41, 5.74) is 1.01. The summed E-state index contributed by atoms with van der Waals surface area (Å²) in [5, 5.41) is 22.2. The van der Waals surface area contributed by atoms with Crippen LogP contribution in [0, 0.1) is 5.92 Å². The third-order valence-electron chi connectivity index (χ3n) is 3.48. The van der Waals surface area contributed by atoms with Gasteiger partial charge in [0, 0.05) is 12.6 Å². The minimum absolute atomic E-state index is 0.0633. The van der Waals surface area contributed by atoms with Crippen molar-refractivity contribution in [1.82, 2.24) is 5.32 Å². The predicted octanol–water partition coefficient (Wildman–Crippen LogP) is 1.65. The molecule has 1 heterocycles. The quantitative estimate of drug-likeness (QED) is 0.762. The number of benzene rings is 1. The van der Waals surface area contributed by atoms with Crippen molar-refractivity contribution in [2.75, 3.05) is 6.54 Å². The van der Waals surface area contributed by atoms with Crippen molar-refractivity contribution < 1.29 is 15.0 Å². The van der Waals surface area contributed by atoms with Crippen molar-refractivity contribution in [2.45, 2.75) is 31.9 Å². The molecule has 0 amide bonds. The SMILES string of the molecule is CC(C)(O)c1cccc(C2CC(C(=O)O)CN2)c1. The average Bonchev–Trinajstić information content (AvgIpc) is 2.77. The Balaban J connectivity index is 2.18. The first-order valence-electron chi connectivity index (χ1n) is 6.17. The summed E-state index contributed by atoms with van der Waals surface area (Å²) in [7, 11) is 0. The third-order valence-corrected chi connectivity index (χ3v) is 3.48. The van der Waals surface area contributed by atoms with Crippen LogP contribution in [0.3, 0.4) is 0 Å². The first-order chi connectivity index (χ1) is 8.38. The van der Waals surface area contributed by atoms with Gasteiger partial charge in [-0.2, -0.15) is 0 Å². The van der Waals surface area contributed by atoms with Gasteiger partial charge in [0.2, 0.25) is 0 Å². The maximum absolute atomic E-state index is 10.9. The lowest BCUT2D eigenvalue weighted by Crippen LogP contribution is -2.18. The highest BCUT2D eigenvalue weighted by Gasteiger charge is 2.30. The zero-order valence-corrected chi connectivity index (χ0v) is 10.7. The summed E-state index contributed by atoms with van der Waals surface area (Å²) in [4.78, 5) is 10.9. The first kappa shape index (κ1) is 13.1. The van der Waals surface area contributed by atoms with Crippen LogP contribution in [0.25, 0.3) is 0 Å². The molecule has 98 valence electrons. The van der Waals surface area contributed by atoms with Gasteiger partial charge in [-0.25, -0.2) is 0 Å². The van der Waals surface area contributed by atoms with E-state index in [2.05, 4.69) is 5.32 Å². The first-order valence-corrected chi connectivity index (χ1v) is 6.17. The van der Waals surface area contributed by atoms with Gasteiger partial charge in [-0.15, -0.1) is 0 Å². The van der Waals surface area contributed by atoms with Crippen molar-refractivity contribution in [2.24, 2.45) is 5.92 Å². The number of aliphatic hydroxyl groups is 1. The lowest BCUT2D eigenvalue weighted by Gasteiger charge is -2.20. The number of carboxylic acids is 1. The second kappa shape index (κ2) is 4.71. The number of nitrogens with one attached hydrogen (secondary N) is 1. The Hall–Kier alpha value is -1.39. The summed E-state index contributed by atoms with van der Waals surface area (Å²) < 4.78 is 0. The Kier molecular flexibility index (Phi) is 3.41. The molecule has 1 fully saturated rings. The van der Waals surface area contributed by atoms with E-state index in [-0.39, 0.29) is 12.0 Å². The zero-order valence-electron chi connectivity index (χ0n) is 10.7. The number of aliphatic carboxylic acids is 1.